The summed E-state index contributed by atoms with van der Waals surface area (Å²) in [7, 11) is -0.323. The van der Waals surface area contributed by atoms with Crippen LogP contribution in [0.3, 0.4) is 0 Å². The van der Waals surface area contributed by atoms with E-state index in [1.807, 2.05) is 30.3 Å². The van der Waals surface area contributed by atoms with Gasteiger partial charge in [0.2, 0.25) is 0 Å². The molecule has 8 atom stereocenters. The summed E-state index contributed by atoms with van der Waals surface area (Å²) in [6, 6.07) is 12.3. The number of nitriles is 1. The van der Waals surface area contributed by atoms with Crippen molar-refractivity contribution in [2.45, 2.75) is 122 Å². The summed E-state index contributed by atoms with van der Waals surface area (Å²) in [5.74, 6) is 0.667. The molecule has 0 amide bonds. The first-order valence-electron chi connectivity index (χ1n) is 16.9. The number of nitrogens with zero attached hydrogens (tertiary/aromatic N) is 1. The highest BCUT2D eigenvalue weighted by molar-refractivity contribution is 6.77. The molecule has 8 nitrogen and oxygen atoms in total. The van der Waals surface area contributed by atoms with Gasteiger partial charge >= 0.3 is 0 Å². The smallest absolute Gasteiger partial charge is 0.200 e. The highest BCUT2D eigenvalue weighted by Gasteiger charge is 2.50. The molecule has 0 aromatic heterocycles. The van der Waals surface area contributed by atoms with Crippen LogP contribution in [0.15, 0.2) is 42.0 Å². The zero-order valence-electron chi connectivity index (χ0n) is 29.1. The molecule has 2 aliphatic heterocycles. The molecule has 45 heavy (non-hydrogen) atoms. The second-order valence-electron chi connectivity index (χ2n) is 14.1. The molecular weight excluding hydrogens is 586 g/mol. The molecule has 1 aromatic carbocycles. The Hall–Kier alpha value is -1.61. The normalized spacial score (nSPS) is 26.2. The van der Waals surface area contributed by atoms with Gasteiger partial charge in [0.25, 0.3) is 0 Å². The molecule has 0 spiro atoms. The lowest BCUT2D eigenvalue weighted by molar-refractivity contribution is -0.260. The van der Waals surface area contributed by atoms with Crippen LogP contribution >= 0.6 is 0 Å². The summed E-state index contributed by atoms with van der Waals surface area (Å²) in [5.41, 5.74) is 3.64. The first kappa shape index (κ1) is 37.8. The third-order valence-electron chi connectivity index (χ3n) is 9.85. The van der Waals surface area contributed by atoms with Gasteiger partial charge in [0.05, 0.1) is 19.3 Å². The van der Waals surface area contributed by atoms with Crippen LogP contribution in [0.2, 0.25) is 16.6 Å². The molecule has 2 heterocycles. The summed E-state index contributed by atoms with van der Waals surface area (Å²) < 4.78 is 35.6. The minimum absolute atomic E-state index is 0.0706. The highest BCUT2D eigenvalue weighted by Crippen LogP contribution is 2.43. The number of aliphatic hydroxyl groups is 1. The molecule has 0 bridgehead atoms. The largest absolute Gasteiger partial charge is 0.416 e. The third-order valence-corrected chi connectivity index (χ3v) is 15.9. The fourth-order valence-electron chi connectivity index (χ4n) is 7.08. The number of ether oxygens (including phenoxy) is 5. The van der Waals surface area contributed by atoms with Crippen LogP contribution in [0.5, 0.6) is 0 Å². The Balaban J connectivity index is 1.58. The van der Waals surface area contributed by atoms with Crippen molar-refractivity contribution in [2.24, 2.45) is 17.8 Å². The molecule has 2 aliphatic rings. The lowest BCUT2D eigenvalue weighted by Gasteiger charge is -2.43. The molecule has 1 unspecified atom stereocenters. The van der Waals surface area contributed by atoms with Gasteiger partial charge in [-0.2, -0.15) is 5.26 Å². The van der Waals surface area contributed by atoms with Crippen LogP contribution in [-0.2, 0) is 28.1 Å². The van der Waals surface area contributed by atoms with Gasteiger partial charge in [-0.1, -0.05) is 91.8 Å². The predicted octanol–water partition coefficient (Wildman–Crippen LogP) is 7.55. The van der Waals surface area contributed by atoms with Crippen molar-refractivity contribution < 1.29 is 33.2 Å². The van der Waals surface area contributed by atoms with Crippen LogP contribution in [0.1, 0.15) is 86.5 Å². The first-order valence-corrected chi connectivity index (χ1v) is 19.0. The Morgan fingerprint density at radius 1 is 1.00 bits per heavy atom. The minimum atomic E-state index is -1.92. The predicted molar refractivity (Wildman–Crippen MR) is 179 cm³/mol. The number of hydrogen-bond acceptors (Lipinski definition) is 8. The van der Waals surface area contributed by atoms with Gasteiger partial charge in [-0.15, -0.1) is 0 Å². The Morgan fingerprint density at radius 2 is 1.67 bits per heavy atom. The van der Waals surface area contributed by atoms with Gasteiger partial charge in [-0.3, -0.25) is 0 Å². The lowest BCUT2D eigenvalue weighted by atomic mass is 9.85. The first-order chi connectivity index (χ1) is 21.4. The summed E-state index contributed by atoms with van der Waals surface area (Å²) in [6.45, 7) is 20.0. The minimum Gasteiger partial charge on any atom is -0.416 e. The van der Waals surface area contributed by atoms with E-state index < -0.39 is 26.8 Å². The molecule has 254 valence electrons. The van der Waals surface area contributed by atoms with Crippen LogP contribution in [0.25, 0.3) is 0 Å². The van der Waals surface area contributed by atoms with Gasteiger partial charge in [-0.05, 0) is 53.3 Å². The van der Waals surface area contributed by atoms with Crippen molar-refractivity contribution in [3.63, 3.8) is 0 Å². The van der Waals surface area contributed by atoms with E-state index in [0.29, 0.717) is 35.1 Å². The average Bonchev–Trinajstić information content (AvgIpc) is 3.77. The fraction of sp³-hybridized carbons (Fsp3) is 0.750. The van der Waals surface area contributed by atoms with Crippen molar-refractivity contribution in [3.8, 4) is 6.07 Å². The van der Waals surface area contributed by atoms with Gasteiger partial charge in [0.1, 0.15) is 31.2 Å². The summed E-state index contributed by atoms with van der Waals surface area (Å²) in [4.78, 5) is 0. The van der Waals surface area contributed by atoms with Gasteiger partial charge in [0, 0.05) is 25.2 Å². The molecule has 9 heteroatoms. The standard InChI is InChI=1S/C36H59NO7Si/c1-24(2)45(25(3)4,26(5)6)42-20-28(8)27(7)17-29(19-37)15-16-30(21-40-23-39-9)18-33-35(43-33)34-32(38)22-41-36(44-34)31-13-11-10-12-14-31/h10-14,18,24-29,32-36,38H,15-17,20-23H2,1-9H3/b30-18+/t27-,28-,29?,32+,33-,34+,35-,36+/m0/s1. The molecule has 2 saturated heterocycles. The molecule has 0 radical (unpaired) electrons. The maximum absolute atomic E-state index is 10.6. The van der Waals surface area contributed by atoms with Crippen LogP contribution in [-0.4, -0.2) is 71.6 Å². The van der Waals surface area contributed by atoms with Gasteiger partial charge in [0.15, 0.2) is 14.6 Å². The molecular formula is C36H59NO7Si. The summed E-state index contributed by atoms with van der Waals surface area (Å²) >= 11 is 0. The van der Waals surface area contributed by atoms with Crippen molar-refractivity contribution in [1.82, 2.24) is 0 Å². The molecule has 0 saturated carbocycles. The van der Waals surface area contributed by atoms with Crippen LogP contribution in [0, 0.1) is 29.1 Å². The van der Waals surface area contributed by atoms with E-state index in [4.69, 9.17) is 28.1 Å². The average molecular weight is 646 g/mol. The van der Waals surface area contributed by atoms with Gasteiger partial charge in [-0.25, -0.2) is 0 Å². The van der Waals surface area contributed by atoms with Crippen LogP contribution < -0.4 is 0 Å². The lowest BCUT2D eigenvalue weighted by Crippen LogP contribution is -2.48. The SMILES string of the molecule is COCOC/C(=C/[C@@H]1O[C@@H]1[C@@H]1O[C@H](c2ccccc2)OC[C@H]1O)CCC(C#N)C[C@H](C)[C@@H](C)CO[Si](C(C)C)(C(C)C)C(C)C. The van der Waals surface area contributed by atoms with E-state index in [0.717, 1.165) is 37.0 Å². The monoisotopic (exact) mass is 645 g/mol. The van der Waals surface area contributed by atoms with E-state index in [2.05, 4.69) is 67.5 Å². The number of epoxide rings is 1. The van der Waals surface area contributed by atoms with Crippen molar-refractivity contribution >= 4 is 8.32 Å². The number of rotatable bonds is 19. The van der Waals surface area contributed by atoms with E-state index in [-0.39, 0.29) is 31.5 Å². The van der Waals surface area contributed by atoms with E-state index in [9.17, 15) is 10.4 Å². The molecule has 2 fully saturated rings. The number of methoxy groups -OCH3 is 1. The topological polar surface area (TPSA) is 103 Å². The molecule has 1 aromatic rings. The fourth-order valence-corrected chi connectivity index (χ4v) is 12.6. The Bertz CT molecular complexity index is 1050. The van der Waals surface area contributed by atoms with Crippen molar-refractivity contribution in [3.05, 3.63) is 47.5 Å². The molecule has 3 rings (SSSR count). The quantitative estimate of drug-likeness (QED) is 0.0541. The van der Waals surface area contributed by atoms with E-state index in [1.165, 1.54) is 0 Å². The molecule has 1 N–H and O–H groups in total. The van der Waals surface area contributed by atoms with Gasteiger partial charge < -0.3 is 33.2 Å². The third kappa shape index (κ3) is 10.4. The number of hydrogen-bond donors (Lipinski definition) is 1. The van der Waals surface area contributed by atoms with Crippen LogP contribution in [0.4, 0.5) is 0 Å². The number of aliphatic hydroxyl groups excluding tert-OH is 1. The number of benzene rings is 1. The summed E-state index contributed by atoms with van der Waals surface area (Å²) in [5, 5.41) is 20.7. The zero-order chi connectivity index (χ0) is 33.1. The Kier molecular flexibility index (Phi) is 15.2. The van der Waals surface area contributed by atoms with Crippen molar-refractivity contribution in [2.75, 3.05) is 33.7 Å². The second kappa shape index (κ2) is 18.1. The maximum Gasteiger partial charge on any atom is 0.200 e. The van der Waals surface area contributed by atoms with E-state index >= 15 is 0 Å². The van der Waals surface area contributed by atoms with E-state index in [1.54, 1.807) is 7.11 Å². The van der Waals surface area contributed by atoms with Crippen molar-refractivity contribution in [1.29, 1.82) is 5.26 Å². The zero-order valence-corrected chi connectivity index (χ0v) is 30.1. The molecule has 0 aliphatic carbocycles. The Labute approximate surface area is 273 Å². The second-order valence-corrected chi connectivity index (χ2v) is 19.5. The summed E-state index contributed by atoms with van der Waals surface area (Å²) in [6.07, 6.45) is 2.11. The maximum atomic E-state index is 10.6. The Morgan fingerprint density at radius 3 is 2.27 bits per heavy atom. The highest BCUT2D eigenvalue weighted by atomic mass is 28.4.